The average Bonchev–Trinajstić information content (AvgIpc) is 3.56. The van der Waals surface area contributed by atoms with E-state index in [2.05, 4.69) is 11.3 Å². The fourth-order valence-electron chi connectivity index (χ4n) is 4.99. The third-order valence-electron chi connectivity index (χ3n) is 6.98. The van der Waals surface area contributed by atoms with Crippen molar-refractivity contribution in [3.05, 3.63) is 88.1 Å². The van der Waals surface area contributed by atoms with Gasteiger partial charge in [0.15, 0.2) is 0 Å². The van der Waals surface area contributed by atoms with Crippen molar-refractivity contribution in [1.29, 1.82) is 0 Å². The lowest BCUT2D eigenvalue weighted by molar-refractivity contribution is -0.00759. The van der Waals surface area contributed by atoms with Gasteiger partial charge < -0.3 is 9.30 Å². The summed E-state index contributed by atoms with van der Waals surface area (Å²) >= 11 is 0. The molecule has 2 aromatic carbocycles. The molecule has 3 heterocycles. The lowest BCUT2D eigenvalue weighted by Gasteiger charge is -2.31. The van der Waals surface area contributed by atoms with Crippen molar-refractivity contribution in [3.8, 4) is 11.1 Å². The Morgan fingerprint density at radius 3 is 2.62 bits per heavy atom. The molecule has 0 amide bonds. The van der Waals surface area contributed by atoms with Crippen LogP contribution in [0.25, 0.3) is 21.9 Å². The van der Waals surface area contributed by atoms with E-state index in [1.54, 1.807) is 10.8 Å². The smallest absolute Gasteiger partial charge is 0.258 e. The largest absolute Gasteiger partial charge is 0.373 e. The monoisotopic (exact) mass is 461 g/mol. The zero-order valence-electron chi connectivity index (χ0n) is 18.9. The molecular formula is C27H25F2N3O2. The Morgan fingerprint density at radius 1 is 0.971 bits per heavy atom. The fraction of sp³-hybridized carbons (Fsp3) is 0.333. The van der Waals surface area contributed by atoms with Crippen LogP contribution in [0, 0.1) is 18.6 Å². The van der Waals surface area contributed by atoms with Crippen LogP contribution in [-0.2, 0) is 4.74 Å². The molecule has 5 nitrogen and oxygen atoms in total. The fourth-order valence-corrected chi connectivity index (χ4v) is 4.99. The first-order valence-electron chi connectivity index (χ1n) is 11.7. The van der Waals surface area contributed by atoms with Crippen LogP contribution in [0.5, 0.6) is 0 Å². The van der Waals surface area contributed by atoms with Crippen LogP contribution in [0.2, 0.25) is 0 Å². The number of aryl methyl sites for hydroxylation is 1. The molecule has 2 atom stereocenters. The van der Waals surface area contributed by atoms with Crippen molar-refractivity contribution >= 4 is 10.8 Å². The van der Waals surface area contributed by atoms with Crippen LogP contribution in [0.15, 0.2) is 59.8 Å². The molecule has 0 spiro atoms. The van der Waals surface area contributed by atoms with E-state index < -0.39 is 11.6 Å². The number of halogens is 2. The first-order chi connectivity index (χ1) is 16.5. The highest BCUT2D eigenvalue weighted by molar-refractivity contribution is 5.96. The molecule has 1 saturated carbocycles. The molecule has 0 radical (unpaired) electrons. The van der Waals surface area contributed by atoms with E-state index in [4.69, 9.17) is 4.74 Å². The van der Waals surface area contributed by atoms with Gasteiger partial charge in [-0.2, -0.15) is 5.10 Å². The Labute approximate surface area is 195 Å². The van der Waals surface area contributed by atoms with Gasteiger partial charge in [0.2, 0.25) is 0 Å². The maximum atomic E-state index is 14.8. The van der Waals surface area contributed by atoms with Gasteiger partial charge in [0.25, 0.3) is 5.56 Å². The number of nitrogens with zero attached hydrogens (tertiary/aromatic N) is 3. The summed E-state index contributed by atoms with van der Waals surface area (Å²) in [6.45, 7) is 2.44. The average molecular weight is 462 g/mol. The second-order valence-corrected chi connectivity index (χ2v) is 9.45. The van der Waals surface area contributed by atoms with Crippen LogP contribution < -0.4 is 5.56 Å². The van der Waals surface area contributed by atoms with Gasteiger partial charge in [-0.25, -0.2) is 8.78 Å². The summed E-state index contributed by atoms with van der Waals surface area (Å²) in [5.41, 5.74) is 2.72. The normalized spacial score (nSPS) is 20.7. The molecule has 1 aliphatic carbocycles. The van der Waals surface area contributed by atoms with Gasteiger partial charge in [0, 0.05) is 53.2 Å². The number of fused-ring (bicyclic) bond motifs is 1. The maximum Gasteiger partial charge on any atom is 0.258 e. The number of aromatic nitrogens is 3. The molecule has 1 aliphatic heterocycles. The van der Waals surface area contributed by atoms with Crippen LogP contribution in [0.4, 0.5) is 8.78 Å². The molecule has 2 aromatic heterocycles. The van der Waals surface area contributed by atoms with Crippen LogP contribution in [0.1, 0.15) is 55.0 Å². The zero-order valence-corrected chi connectivity index (χ0v) is 18.9. The Balaban J connectivity index is 1.44. The number of hydrogen-bond acceptors (Lipinski definition) is 3. The van der Waals surface area contributed by atoms with Gasteiger partial charge >= 0.3 is 0 Å². The summed E-state index contributed by atoms with van der Waals surface area (Å²) in [4.78, 5) is 13.6. The highest BCUT2D eigenvalue weighted by Gasteiger charge is 2.30. The van der Waals surface area contributed by atoms with Crippen LogP contribution in [-0.4, -0.2) is 21.0 Å². The van der Waals surface area contributed by atoms with E-state index in [-0.39, 0.29) is 23.3 Å². The molecule has 2 fully saturated rings. The van der Waals surface area contributed by atoms with Gasteiger partial charge in [0.1, 0.15) is 11.6 Å². The standard InChI is InChI=1S/C27H25F2N3O2/c1-16-2-6-21-23(10-16)27(33)31(15-24(21)22-7-3-18(28)11-25(22)29)20-8-9-34-26(12-20)17-13-30-32(14-17)19-4-5-19/h2-3,6-7,10-11,13-15,19-20,26H,4-5,8-9,12H2,1H3/t20-,26+/m1/s1. The summed E-state index contributed by atoms with van der Waals surface area (Å²) in [5.74, 6) is -1.28. The van der Waals surface area contributed by atoms with E-state index in [1.165, 1.54) is 12.1 Å². The van der Waals surface area contributed by atoms with Gasteiger partial charge in [-0.3, -0.25) is 9.48 Å². The van der Waals surface area contributed by atoms with Crippen molar-refractivity contribution in [3.63, 3.8) is 0 Å². The predicted molar refractivity (Wildman–Crippen MR) is 126 cm³/mol. The number of rotatable bonds is 4. The van der Waals surface area contributed by atoms with Crippen molar-refractivity contribution in [2.45, 2.75) is 50.8 Å². The highest BCUT2D eigenvalue weighted by Crippen LogP contribution is 2.38. The molecule has 6 rings (SSSR count). The van der Waals surface area contributed by atoms with Crippen molar-refractivity contribution in [2.24, 2.45) is 0 Å². The van der Waals surface area contributed by atoms with E-state index >= 15 is 0 Å². The minimum Gasteiger partial charge on any atom is -0.373 e. The molecule has 0 unspecified atom stereocenters. The summed E-state index contributed by atoms with van der Waals surface area (Å²) in [6, 6.07) is 9.54. The second kappa shape index (κ2) is 8.17. The summed E-state index contributed by atoms with van der Waals surface area (Å²) in [6.07, 6.45) is 9.10. The molecule has 0 N–H and O–H groups in total. The molecule has 0 bridgehead atoms. The molecule has 34 heavy (non-hydrogen) atoms. The highest BCUT2D eigenvalue weighted by atomic mass is 19.1. The van der Waals surface area contributed by atoms with Crippen molar-refractivity contribution < 1.29 is 13.5 Å². The third-order valence-corrected chi connectivity index (χ3v) is 6.98. The topological polar surface area (TPSA) is 49.0 Å². The first kappa shape index (κ1) is 21.2. The maximum absolute atomic E-state index is 14.8. The lowest BCUT2D eigenvalue weighted by atomic mass is 9.96. The minimum absolute atomic E-state index is 0.107. The number of benzene rings is 2. The number of ether oxygens (including phenoxy) is 1. The zero-order chi connectivity index (χ0) is 23.4. The van der Waals surface area contributed by atoms with Gasteiger partial charge in [-0.1, -0.05) is 17.7 Å². The molecule has 1 saturated heterocycles. The predicted octanol–water partition coefficient (Wildman–Crippen LogP) is 5.88. The second-order valence-electron chi connectivity index (χ2n) is 9.45. The van der Waals surface area contributed by atoms with Gasteiger partial charge in [-0.05, 0) is 56.2 Å². The van der Waals surface area contributed by atoms with E-state index in [0.29, 0.717) is 41.8 Å². The molecular weight excluding hydrogens is 436 g/mol. The summed E-state index contributed by atoms with van der Waals surface area (Å²) in [7, 11) is 0. The Kier molecular flexibility index (Phi) is 5.10. The molecule has 4 aromatic rings. The van der Waals surface area contributed by atoms with Gasteiger partial charge in [0.05, 0.1) is 18.3 Å². The third kappa shape index (κ3) is 3.74. The first-order valence-corrected chi connectivity index (χ1v) is 11.7. The molecule has 174 valence electrons. The summed E-state index contributed by atoms with van der Waals surface area (Å²) < 4.78 is 38.2. The van der Waals surface area contributed by atoms with Crippen LogP contribution >= 0.6 is 0 Å². The Hall–Kier alpha value is -3.32. The SMILES string of the molecule is Cc1ccc2c(-c3ccc(F)cc3F)cn([C@@H]3CCO[C@H](c4cnn(C5CC5)c4)C3)c(=O)c2c1. The Morgan fingerprint density at radius 2 is 1.82 bits per heavy atom. The Bertz CT molecular complexity index is 1450. The lowest BCUT2D eigenvalue weighted by Crippen LogP contribution is -2.30. The van der Waals surface area contributed by atoms with Gasteiger partial charge in [-0.15, -0.1) is 0 Å². The molecule has 7 heteroatoms. The number of pyridine rings is 1. The molecule has 2 aliphatic rings. The summed E-state index contributed by atoms with van der Waals surface area (Å²) in [5, 5.41) is 5.68. The minimum atomic E-state index is -0.649. The number of hydrogen-bond donors (Lipinski definition) is 0. The van der Waals surface area contributed by atoms with Crippen molar-refractivity contribution in [1.82, 2.24) is 14.3 Å². The van der Waals surface area contributed by atoms with E-state index in [0.717, 1.165) is 30.0 Å². The van der Waals surface area contributed by atoms with Crippen molar-refractivity contribution in [2.75, 3.05) is 6.61 Å². The van der Waals surface area contributed by atoms with E-state index in [1.807, 2.05) is 36.0 Å². The van der Waals surface area contributed by atoms with E-state index in [9.17, 15) is 13.6 Å². The quantitative estimate of drug-likeness (QED) is 0.381. The van der Waals surface area contributed by atoms with Crippen LogP contribution in [0.3, 0.4) is 0 Å².